The van der Waals surface area contributed by atoms with Crippen molar-refractivity contribution in [2.45, 2.75) is 31.3 Å². The molecule has 0 saturated heterocycles. The highest BCUT2D eigenvalue weighted by Crippen LogP contribution is 2.39. The number of carbonyl (C=O) groups excluding carboxylic acids is 2. The highest BCUT2D eigenvalue weighted by molar-refractivity contribution is 7.10. The molecule has 3 aromatic carbocycles. The van der Waals surface area contributed by atoms with Crippen LogP contribution in [0.15, 0.2) is 78.2 Å². The Morgan fingerprint density at radius 1 is 1.00 bits per heavy atom. The SMILES string of the molecule is COc1ccc(C2c3ccsc3CCN2C(=O)CN(C(=O)c2ccc3ccccc3c2)C2CC2)cc1. The number of ether oxygens (including phenoxy) is 1. The first kappa shape index (κ1) is 22.8. The summed E-state index contributed by atoms with van der Waals surface area (Å²) in [7, 11) is 1.65. The molecule has 0 N–H and O–H groups in total. The number of amides is 2. The summed E-state index contributed by atoms with van der Waals surface area (Å²) in [4.78, 5) is 32.5. The van der Waals surface area contributed by atoms with E-state index in [1.165, 1.54) is 10.4 Å². The van der Waals surface area contributed by atoms with Crippen molar-refractivity contribution in [1.29, 1.82) is 0 Å². The van der Waals surface area contributed by atoms with Gasteiger partial charge in [0.25, 0.3) is 5.91 Å². The first-order chi connectivity index (χ1) is 17.6. The number of rotatable bonds is 6. The van der Waals surface area contributed by atoms with Crippen molar-refractivity contribution in [2.75, 3.05) is 20.2 Å². The Kier molecular flexibility index (Phi) is 5.97. The zero-order chi connectivity index (χ0) is 24.6. The van der Waals surface area contributed by atoms with Crippen molar-refractivity contribution in [3.8, 4) is 5.75 Å². The number of methoxy groups -OCH3 is 1. The fourth-order valence-electron chi connectivity index (χ4n) is 5.21. The lowest BCUT2D eigenvalue weighted by molar-refractivity contribution is -0.134. The maximum Gasteiger partial charge on any atom is 0.254 e. The lowest BCUT2D eigenvalue weighted by Crippen LogP contribution is -2.47. The second kappa shape index (κ2) is 9.43. The molecule has 2 aliphatic rings. The molecule has 1 aliphatic carbocycles. The van der Waals surface area contributed by atoms with E-state index in [1.54, 1.807) is 23.3 Å². The largest absolute Gasteiger partial charge is 0.497 e. The monoisotopic (exact) mass is 496 g/mol. The minimum Gasteiger partial charge on any atom is -0.497 e. The van der Waals surface area contributed by atoms with Crippen molar-refractivity contribution < 1.29 is 14.3 Å². The Labute approximate surface area is 214 Å². The van der Waals surface area contributed by atoms with Gasteiger partial charge in [-0.25, -0.2) is 0 Å². The van der Waals surface area contributed by atoms with Gasteiger partial charge in [-0.3, -0.25) is 9.59 Å². The van der Waals surface area contributed by atoms with E-state index in [9.17, 15) is 9.59 Å². The molecule has 2 amide bonds. The van der Waals surface area contributed by atoms with Gasteiger partial charge in [-0.2, -0.15) is 0 Å². The molecule has 1 fully saturated rings. The van der Waals surface area contributed by atoms with E-state index < -0.39 is 0 Å². The van der Waals surface area contributed by atoms with Gasteiger partial charge >= 0.3 is 0 Å². The fraction of sp³-hybridized carbons (Fsp3) is 0.267. The van der Waals surface area contributed by atoms with Gasteiger partial charge in [0.1, 0.15) is 12.3 Å². The van der Waals surface area contributed by atoms with Gasteiger partial charge in [0.05, 0.1) is 13.2 Å². The van der Waals surface area contributed by atoms with Gasteiger partial charge in [-0.05, 0) is 76.9 Å². The predicted molar refractivity (Wildman–Crippen MR) is 143 cm³/mol. The van der Waals surface area contributed by atoms with Crippen molar-refractivity contribution in [1.82, 2.24) is 9.80 Å². The standard InChI is InChI=1S/C30H28N2O3S/c1-35-25-12-8-21(9-13-25)29-26-15-17-36-27(26)14-16-31(29)28(33)19-32(24-10-11-24)30(34)23-7-6-20-4-2-3-5-22(20)18-23/h2-9,12-13,15,17-18,24,29H,10-11,14,16,19H2,1H3. The van der Waals surface area contributed by atoms with E-state index >= 15 is 0 Å². The lowest BCUT2D eigenvalue weighted by Gasteiger charge is -2.37. The number of fused-ring (bicyclic) bond motifs is 2. The molecule has 6 heteroatoms. The van der Waals surface area contributed by atoms with Crippen molar-refractivity contribution in [3.05, 3.63) is 99.7 Å². The summed E-state index contributed by atoms with van der Waals surface area (Å²) in [6.07, 6.45) is 2.74. The molecule has 0 spiro atoms. The van der Waals surface area contributed by atoms with Gasteiger partial charge in [0.2, 0.25) is 5.91 Å². The number of hydrogen-bond acceptors (Lipinski definition) is 4. The molecule has 1 saturated carbocycles. The van der Waals surface area contributed by atoms with E-state index in [4.69, 9.17) is 4.74 Å². The molecule has 36 heavy (non-hydrogen) atoms. The average Bonchev–Trinajstić information content (AvgIpc) is 3.66. The van der Waals surface area contributed by atoms with Crippen molar-refractivity contribution in [3.63, 3.8) is 0 Å². The molecule has 1 aliphatic heterocycles. The molecular weight excluding hydrogens is 468 g/mol. The summed E-state index contributed by atoms with van der Waals surface area (Å²) in [6.45, 7) is 0.744. The highest BCUT2D eigenvalue weighted by Gasteiger charge is 2.38. The maximum atomic E-state index is 13.8. The van der Waals surface area contributed by atoms with Crippen LogP contribution in [0.3, 0.4) is 0 Å². The average molecular weight is 497 g/mol. The molecule has 6 rings (SSSR count). The Balaban J connectivity index is 1.28. The van der Waals surface area contributed by atoms with E-state index in [-0.39, 0.29) is 30.4 Å². The lowest BCUT2D eigenvalue weighted by atomic mass is 9.93. The van der Waals surface area contributed by atoms with Gasteiger partial charge in [-0.1, -0.05) is 42.5 Å². The van der Waals surface area contributed by atoms with E-state index in [2.05, 4.69) is 11.4 Å². The highest BCUT2D eigenvalue weighted by atomic mass is 32.1. The van der Waals surface area contributed by atoms with Crippen LogP contribution in [0, 0.1) is 0 Å². The molecule has 1 atom stereocenters. The second-order valence-corrected chi connectivity index (χ2v) is 10.5. The van der Waals surface area contributed by atoms with Crippen molar-refractivity contribution in [2.24, 2.45) is 0 Å². The Bertz CT molecular complexity index is 1420. The number of hydrogen-bond donors (Lipinski definition) is 0. The first-order valence-corrected chi connectivity index (χ1v) is 13.3. The van der Waals surface area contributed by atoms with E-state index in [0.29, 0.717) is 12.1 Å². The number of nitrogens with zero attached hydrogens (tertiary/aromatic N) is 2. The molecule has 0 radical (unpaired) electrons. The van der Waals surface area contributed by atoms with Crippen molar-refractivity contribution >= 4 is 33.9 Å². The summed E-state index contributed by atoms with van der Waals surface area (Å²) < 4.78 is 5.34. The zero-order valence-corrected chi connectivity index (χ0v) is 21.0. The molecule has 182 valence electrons. The van der Waals surface area contributed by atoms with Crippen LogP contribution in [0.2, 0.25) is 0 Å². The summed E-state index contributed by atoms with van der Waals surface area (Å²) in [6, 6.07) is 23.9. The van der Waals surface area contributed by atoms with Crippen LogP contribution in [0.5, 0.6) is 5.75 Å². The Hall–Kier alpha value is -3.64. The quantitative estimate of drug-likeness (QED) is 0.345. The van der Waals surface area contributed by atoms with Crippen LogP contribution in [-0.2, 0) is 11.2 Å². The first-order valence-electron chi connectivity index (χ1n) is 12.4. The van der Waals surface area contributed by atoms with Crippen LogP contribution in [0.25, 0.3) is 10.8 Å². The van der Waals surface area contributed by atoms with Crippen LogP contribution >= 0.6 is 11.3 Å². The minimum absolute atomic E-state index is 0.00583. The number of thiophene rings is 1. The third kappa shape index (κ3) is 4.26. The van der Waals surface area contributed by atoms with Gasteiger partial charge in [-0.15, -0.1) is 11.3 Å². The van der Waals surface area contributed by atoms with E-state index in [1.807, 2.05) is 71.6 Å². The molecular formula is C30H28N2O3S. The van der Waals surface area contributed by atoms with Gasteiger partial charge < -0.3 is 14.5 Å². The smallest absolute Gasteiger partial charge is 0.254 e. The van der Waals surface area contributed by atoms with Crippen LogP contribution in [0.1, 0.15) is 45.2 Å². The Morgan fingerprint density at radius 2 is 1.78 bits per heavy atom. The second-order valence-electron chi connectivity index (χ2n) is 9.54. The molecule has 1 aromatic heterocycles. The number of benzene rings is 3. The summed E-state index contributed by atoms with van der Waals surface area (Å²) in [5.74, 6) is 0.721. The summed E-state index contributed by atoms with van der Waals surface area (Å²) >= 11 is 1.75. The fourth-order valence-corrected chi connectivity index (χ4v) is 6.11. The molecule has 5 nitrogen and oxygen atoms in total. The van der Waals surface area contributed by atoms with E-state index in [0.717, 1.165) is 41.3 Å². The maximum absolute atomic E-state index is 13.8. The van der Waals surface area contributed by atoms with Gasteiger partial charge in [0, 0.05) is 23.0 Å². The van der Waals surface area contributed by atoms with Gasteiger partial charge in [0.15, 0.2) is 0 Å². The number of carbonyl (C=O) groups is 2. The normalized spacial score (nSPS) is 17.0. The third-order valence-electron chi connectivity index (χ3n) is 7.27. The Morgan fingerprint density at radius 3 is 2.53 bits per heavy atom. The summed E-state index contributed by atoms with van der Waals surface area (Å²) in [5, 5.41) is 4.24. The summed E-state index contributed by atoms with van der Waals surface area (Å²) in [5.41, 5.74) is 2.88. The third-order valence-corrected chi connectivity index (χ3v) is 8.26. The van der Waals surface area contributed by atoms with Crippen LogP contribution in [0.4, 0.5) is 0 Å². The minimum atomic E-state index is -0.157. The topological polar surface area (TPSA) is 49.9 Å². The molecule has 1 unspecified atom stereocenters. The van der Waals surface area contributed by atoms with Crippen LogP contribution < -0.4 is 4.74 Å². The zero-order valence-electron chi connectivity index (χ0n) is 20.2. The molecule has 4 aromatic rings. The predicted octanol–water partition coefficient (Wildman–Crippen LogP) is 5.69. The molecule has 2 heterocycles. The van der Waals surface area contributed by atoms with Crippen LogP contribution in [-0.4, -0.2) is 47.9 Å². The molecule has 0 bridgehead atoms.